The highest BCUT2D eigenvalue weighted by molar-refractivity contribution is 5.94. The van der Waals surface area contributed by atoms with Gasteiger partial charge in [-0.1, -0.05) is 6.07 Å². The Bertz CT molecular complexity index is 443. The van der Waals surface area contributed by atoms with Gasteiger partial charge in [-0.15, -0.1) is 0 Å². The van der Waals surface area contributed by atoms with Crippen molar-refractivity contribution >= 4 is 5.91 Å². The molecule has 2 rings (SSSR count). The second kappa shape index (κ2) is 4.36. The van der Waals surface area contributed by atoms with Gasteiger partial charge >= 0.3 is 0 Å². The summed E-state index contributed by atoms with van der Waals surface area (Å²) in [5.74, 6) is 0.555. The van der Waals surface area contributed by atoms with Crippen LogP contribution in [0.4, 0.5) is 0 Å². The lowest BCUT2D eigenvalue weighted by molar-refractivity contribution is 0.0936. The number of nitrogens with zero attached hydrogens (tertiary/aromatic N) is 1. The molecule has 1 amide bonds. The maximum Gasteiger partial charge on any atom is 0.251 e. The summed E-state index contributed by atoms with van der Waals surface area (Å²) >= 11 is 0. The summed E-state index contributed by atoms with van der Waals surface area (Å²) in [6.45, 7) is 2.03. The van der Waals surface area contributed by atoms with Gasteiger partial charge in [0.1, 0.15) is 0 Å². The third kappa shape index (κ3) is 2.40. The Kier molecular flexibility index (Phi) is 2.91. The van der Waals surface area contributed by atoms with Gasteiger partial charge in [-0.2, -0.15) is 5.26 Å². The molecule has 0 spiro atoms. The Hall–Kier alpha value is -1.82. The van der Waals surface area contributed by atoms with Crippen molar-refractivity contribution in [3.8, 4) is 6.07 Å². The van der Waals surface area contributed by atoms with E-state index in [1.807, 2.05) is 13.0 Å². The van der Waals surface area contributed by atoms with Crippen LogP contribution in [0.2, 0.25) is 0 Å². The van der Waals surface area contributed by atoms with Crippen LogP contribution in [0.15, 0.2) is 24.3 Å². The van der Waals surface area contributed by atoms with Crippen LogP contribution in [0.1, 0.15) is 35.7 Å². The summed E-state index contributed by atoms with van der Waals surface area (Å²) in [5, 5.41) is 11.7. The summed E-state index contributed by atoms with van der Waals surface area (Å²) < 4.78 is 0. The van der Waals surface area contributed by atoms with E-state index in [0.29, 0.717) is 17.0 Å². The topological polar surface area (TPSA) is 52.9 Å². The second-order valence-corrected chi connectivity index (χ2v) is 4.29. The minimum Gasteiger partial charge on any atom is -0.349 e. The molecule has 1 saturated carbocycles. The van der Waals surface area contributed by atoms with E-state index >= 15 is 0 Å². The van der Waals surface area contributed by atoms with Crippen molar-refractivity contribution in [3.05, 3.63) is 35.4 Å². The van der Waals surface area contributed by atoms with Crippen LogP contribution in [0.5, 0.6) is 0 Å². The van der Waals surface area contributed by atoms with E-state index in [1.54, 1.807) is 24.3 Å². The Labute approximate surface area is 95.1 Å². The molecule has 0 aromatic heterocycles. The van der Waals surface area contributed by atoms with Gasteiger partial charge in [0, 0.05) is 11.6 Å². The number of nitriles is 1. The van der Waals surface area contributed by atoms with Crippen LogP contribution < -0.4 is 5.32 Å². The summed E-state index contributed by atoms with van der Waals surface area (Å²) in [4.78, 5) is 11.8. The SMILES string of the molecule is CC(NC(=O)c1cccc(C#N)c1)C1CC1. The lowest BCUT2D eigenvalue weighted by Gasteiger charge is -2.12. The monoisotopic (exact) mass is 214 g/mol. The zero-order chi connectivity index (χ0) is 11.5. The van der Waals surface area contributed by atoms with E-state index in [0.717, 1.165) is 0 Å². The lowest BCUT2D eigenvalue weighted by Crippen LogP contribution is -2.33. The average Bonchev–Trinajstić information content (AvgIpc) is 3.13. The molecule has 1 fully saturated rings. The average molecular weight is 214 g/mol. The van der Waals surface area contributed by atoms with E-state index in [9.17, 15) is 4.79 Å². The molecular weight excluding hydrogens is 200 g/mol. The predicted molar refractivity (Wildman–Crippen MR) is 60.8 cm³/mol. The number of nitrogens with one attached hydrogen (secondary N) is 1. The molecule has 0 heterocycles. The predicted octanol–water partition coefficient (Wildman–Crippen LogP) is 2.09. The highest BCUT2D eigenvalue weighted by Gasteiger charge is 2.28. The van der Waals surface area contributed by atoms with Crippen molar-refractivity contribution in [1.82, 2.24) is 5.32 Å². The Morgan fingerprint density at radius 3 is 2.94 bits per heavy atom. The van der Waals surface area contributed by atoms with E-state index in [2.05, 4.69) is 5.32 Å². The fraction of sp³-hybridized carbons (Fsp3) is 0.385. The van der Waals surface area contributed by atoms with Crippen LogP contribution in [0.3, 0.4) is 0 Å². The highest BCUT2D eigenvalue weighted by Crippen LogP contribution is 2.32. The maximum absolute atomic E-state index is 11.8. The van der Waals surface area contributed by atoms with Crippen LogP contribution in [0, 0.1) is 17.2 Å². The van der Waals surface area contributed by atoms with Crippen LogP contribution in [-0.4, -0.2) is 11.9 Å². The minimum absolute atomic E-state index is 0.0866. The van der Waals surface area contributed by atoms with Gasteiger partial charge in [-0.25, -0.2) is 0 Å². The molecular formula is C13H14N2O. The molecule has 1 atom stereocenters. The van der Waals surface area contributed by atoms with Gasteiger partial charge in [0.15, 0.2) is 0 Å². The van der Waals surface area contributed by atoms with Gasteiger partial charge < -0.3 is 5.32 Å². The molecule has 1 aliphatic rings. The Morgan fingerprint density at radius 2 is 2.31 bits per heavy atom. The lowest BCUT2D eigenvalue weighted by atomic mass is 10.1. The van der Waals surface area contributed by atoms with Crippen LogP contribution in [-0.2, 0) is 0 Å². The number of hydrogen-bond donors (Lipinski definition) is 1. The van der Waals surface area contributed by atoms with E-state index in [1.165, 1.54) is 12.8 Å². The Balaban J connectivity index is 2.05. The zero-order valence-corrected chi connectivity index (χ0v) is 9.23. The van der Waals surface area contributed by atoms with Crippen molar-refractivity contribution in [1.29, 1.82) is 5.26 Å². The fourth-order valence-electron chi connectivity index (χ4n) is 1.73. The van der Waals surface area contributed by atoms with E-state index < -0.39 is 0 Å². The normalized spacial score (nSPS) is 16.2. The molecule has 0 aliphatic heterocycles. The third-order valence-corrected chi connectivity index (χ3v) is 2.94. The summed E-state index contributed by atoms with van der Waals surface area (Å²) in [5.41, 5.74) is 1.08. The second-order valence-electron chi connectivity index (χ2n) is 4.29. The van der Waals surface area contributed by atoms with Crippen molar-refractivity contribution in [2.24, 2.45) is 5.92 Å². The number of carbonyl (C=O) groups excluding carboxylic acids is 1. The van der Waals surface area contributed by atoms with Gasteiger partial charge in [0.2, 0.25) is 0 Å². The molecule has 0 bridgehead atoms. The van der Waals surface area contributed by atoms with Crippen molar-refractivity contribution in [2.45, 2.75) is 25.8 Å². The van der Waals surface area contributed by atoms with Gasteiger partial charge in [0.05, 0.1) is 11.6 Å². The van der Waals surface area contributed by atoms with Gasteiger partial charge in [0.25, 0.3) is 5.91 Å². The molecule has 16 heavy (non-hydrogen) atoms. The molecule has 0 saturated heterocycles. The van der Waals surface area contributed by atoms with Crippen molar-refractivity contribution < 1.29 is 4.79 Å². The summed E-state index contributed by atoms with van der Waals surface area (Å²) in [6.07, 6.45) is 2.42. The van der Waals surface area contributed by atoms with Crippen molar-refractivity contribution in [2.75, 3.05) is 0 Å². The van der Waals surface area contributed by atoms with Crippen LogP contribution >= 0.6 is 0 Å². The molecule has 1 aromatic carbocycles. The largest absolute Gasteiger partial charge is 0.349 e. The first kappa shape index (κ1) is 10.7. The standard InChI is InChI=1S/C13H14N2O/c1-9(11-5-6-11)15-13(16)12-4-2-3-10(7-12)8-14/h2-4,7,9,11H,5-6H2,1H3,(H,15,16). The first-order valence-electron chi connectivity index (χ1n) is 5.51. The number of rotatable bonds is 3. The summed E-state index contributed by atoms with van der Waals surface area (Å²) in [6, 6.07) is 9.04. The number of carbonyl (C=O) groups is 1. The third-order valence-electron chi connectivity index (χ3n) is 2.94. The first-order chi connectivity index (χ1) is 7.70. The summed E-state index contributed by atoms with van der Waals surface area (Å²) in [7, 11) is 0. The van der Waals surface area contributed by atoms with Crippen LogP contribution in [0.25, 0.3) is 0 Å². The molecule has 1 N–H and O–H groups in total. The molecule has 1 aromatic rings. The minimum atomic E-state index is -0.0866. The quantitative estimate of drug-likeness (QED) is 0.837. The zero-order valence-electron chi connectivity index (χ0n) is 9.23. The molecule has 1 unspecified atom stereocenters. The van der Waals surface area contributed by atoms with E-state index in [-0.39, 0.29) is 11.9 Å². The molecule has 82 valence electrons. The van der Waals surface area contributed by atoms with Gasteiger partial charge in [-0.05, 0) is 43.9 Å². The number of amides is 1. The maximum atomic E-state index is 11.8. The molecule has 3 heteroatoms. The first-order valence-corrected chi connectivity index (χ1v) is 5.51. The fourth-order valence-corrected chi connectivity index (χ4v) is 1.73. The highest BCUT2D eigenvalue weighted by atomic mass is 16.1. The van der Waals surface area contributed by atoms with Crippen molar-refractivity contribution in [3.63, 3.8) is 0 Å². The molecule has 1 aliphatic carbocycles. The number of hydrogen-bond acceptors (Lipinski definition) is 2. The van der Waals surface area contributed by atoms with Gasteiger partial charge in [-0.3, -0.25) is 4.79 Å². The molecule has 0 radical (unpaired) electrons. The molecule has 3 nitrogen and oxygen atoms in total. The number of benzene rings is 1. The smallest absolute Gasteiger partial charge is 0.251 e. The van der Waals surface area contributed by atoms with E-state index in [4.69, 9.17) is 5.26 Å². The Morgan fingerprint density at radius 1 is 1.56 bits per heavy atom.